The first-order valence-corrected chi connectivity index (χ1v) is 12.1. The number of nitriles is 1. The molecule has 7 heteroatoms. The lowest BCUT2D eigenvalue weighted by Crippen LogP contribution is -2.14. The molecular weight excluding hydrogens is 495 g/mol. The van der Waals surface area contributed by atoms with Crippen LogP contribution in [-0.2, 0) is 17.8 Å². The maximum atomic E-state index is 12.9. The molecule has 0 aromatic heterocycles. The Morgan fingerprint density at radius 2 is 1.83 bits per heavy atom. The minimum absolute atomic E-state index is 0.0638. The molecule has 0 bridgehead atoms. The van der Waals surface area contributed by atoms with Crippen molar-refractivity contribution in [3.05, 3.63) is 105 Å². The number of hydrogen-bond donors (Lipinski definition) is 1. The number of halogens is 2. The van der Waals surface area contributed by atoms with E-state index in [4.69, 9.17) is 32.7 Å². The molecule has 0 radical (unpaired) electrons. The number of benzene rings is 3. The zero-order valence-corrected chi connectivity index (χ0v) is 21.6. The molecule has 0 fully saturated rings. The maximum absolute atomic E-state index is 12.9. The molecule has 3 aromatic carbocycles. The number of anilines is 1. The Kier molecular flexibility index (Phi) is 9.58. The largest absolute Gasteiger partial charge is 0.490 e. The van der Waals surface area contributed by atoms with Crippen LogP contribution in [0.1, 0.15) is 29.2 Å². The van der Waals surface area contributed by atoms with Gasteiger partial charge in [-0.3, -0.25) is 4.79 Å². The van der Waals surface area contributed by atoms with Gasteiger partial charge >= 0.3 is 0 Å². The molecule has 0 atom stereocenters. The second-order valence-electron chi connectivity index (χ2n) is 7.85. The van der Waals surface area contributed by atoms with Crippen molar-refractivity contribution >= 4 is 40.9 Å². The van der Waals surface area contributed by atoms with Crippen LogP contribution < -0.4 is 14.8 Å². The minimum Gasteiger partial charge on any atom is -0.490 e. The lowest BCUT2D eigenvalue weighted by molar-refractivity contribution is -0.112. The molecule has 0 saturated heterocycles. The fraction of sp³-hybridized carbons (Fsp3) is 0.172. The van der Waals surface area contributed by atoms with Gasteiger partial charge in [-0.1, -0.05) is 53.5 Å². The van der Waals surface area contributed by atoms with Crippen LogP contribution in [0, 0.1) is 18.3 Å². The fourth-order valence-corrected chi connectivity index (χ4v) is 3.88. The predicted octanol–water partition coefficient (Wildman–Crippen LogP) is 7.55. The minimum atomic E-state index is -0.537. The van der Waals surface area contributed by atoms with Crippen LogP contribution in [0.4, 0.5) is 5.69 Å². The molecule has 0 unspecified atom stereocenters. The Balaban J connectivity index is 1.95. The van der Waals surface area contributed by atoms with Crippen molar-refractivity contribution < 1.29 is 14.3 Å². The quantitative estimate of drug-likeness (QED) is 0.170. The molecule has 1 amide bonds. The van der Waals surface area contributed by atoms with Crippen LogP contribution >= 0.6 is 23.2 Å². The van der Waals surface area contributed by atoms with Gasteiger partial charge in [0.2, 0.25) is 0 Å². The summed E-state index contributed by atoms with van der Waals surface area (Å²) in [6.45, 7) is 8.17. The number of allylic oxidation sites excluding steroid dienone is 1. The Bertz CT molecular complexity index is 1340. The molecule has 1 N–H and O–H groups in total. The van der Waals surface area contributed by atoms with Crippen molar-refractivity contribution in [3.8, 4) is 17.6 Å². The van der Waals surface area contributed by atoms with Gasteiger partial charge in [0.25, 0.3) is 5.91 Å². The maximum Gasteiger partial charge on any atom is 0.266 e. The number of ether oxygens (including phenoxy) is 2. The first kappa shape index (κ1) is 26.9. The van der Waals surface area contributed by atoms with Crippen LogP contribution in [-0.4, -0.2) is 12.5 Å². The van der Waals surface area contributed by atoms with Crippen molar-refractivity contribution in [2.75, 3.05) is 11.9 Å². The predicted molar refractivity (Wildman–Crippen MR) is 146 cm³/mol. The van der Waals surface area contributed by atoms with Gasteiger partial charge in [0.05, 0.1) is 6.61 Å². The summed E-state index contributed by atoms with van der Waals surface area (Å²) < 4.78 is 12.0. The zero-order chi connectivity index (χ0) is 26.1. The highest BCUT2D eigenvalue weighted by molar-refractivity contribution is 6.32. The van der Waals surface area contributed by atoms with E-state index >= 15 is 0 Å². The van der Waals surface area contributed by atoms with Crippen LogP contribution in [0.15, 0.2) is 72.8 Å². The van der Waals surface area contributed by atoms with E-state index in [2.05, 4.69) is 11.9 Å². The summed E-state index contributed by atoms with van der Waals surface area (Å²) in [6, 6.07) is 18.2. The first-order valence-electron chi connectivity index (χ1n) is 11.3. The summed E-state index contributed by atoms with van der Waals surface area (Å²) in [4.78, 5) is 12.9. The van der Waals surface area contributed by atoms with Gasteiger partial charge in [0.15, 0.2) is 11.5 Å². The van der Waals surface area contributed by atoms with Crippen LogP contribution in [0.25, 0.3) is 6.08 Å². The molecule has 5 nitrogen and oxygen atoms in total. The SMILES string of the molecule is C=CCc1cc(/C=C(/C#N)C(=O)Nc2cccc(Cl)c2C)cc(OCC)c1OCc1ccccc1Cl. The molecule has 0 aliphatic heterocycles. The summed E-state index contributed by atoms with van der Waals surface area (Å²) in [5.41, 5.74) is 3.46. The molecule has 3 aromatic rings. The summed E-state index contributed by atoms with van der Waals surface area (Å²) in [5, 5.41) is 13.6. The van der Waals surface area contributed by atoms with Crippen LogP contribution in [0.5, 0.6) is 11.5 Å². The number of rotatable bonds is 10. The molecule has 0 spiro atoms. The van der Waals surface area contributed by atoms with E-state index in [-0.39, 0.29) is 12.2 Å². The highest BCUT2D eigenvalue weighted by Gasteiger charge is 2.16. The Labute approximate surface area is 221 Å². The Morgan fingerprint density at radius 3 is 2.53 bits per heavy atom. The van der Waals surface area contributed by atoms with E-state index in [1.807, 2.05) is 43.3 Å². The van der Waals surface area contributed by atoms with Gasteiger partial charge in [-0.05, 0) is 67.8 Å². The van der Waals surface area contributed by atoms with Gasteiger partial charge in [-0.2, -0.15) is 5.26 Å². The molecule has 0 aliphatic carbocycles. The zero-order valence-electron chi connectivity index (χ0n) is 20.1. The van der Waals surface area contributed by atoms with E-state index in [0.717, 1.165) is 16.7 Å². The summed E-state index contributed by atoms with van der Waals surface area (Å²) in [5.74, 6) is 0.523. The standard InChI is InChI=1S/C29H26Cl2N2O3/c1-4-9-21-14-20(15-23(17-32)29(34)33-26-13-8-12-24(30)19(26)3)16-27(35-5-2)28(21)36-18-22-10-6-7-11-25(22)31/h4,6-8,10-16H,1,5,9,18H2,2-3H3,(H,33,34)/b23-15-. The van der Waals surface area contributed by atoms with Crippen molar-refractivity contribution in [2.45, 2.75) is 26.9 Å². The van der Waals surface area contributed by atoms with Crippen molar-refractivity contribution in [1.82, 2.24) is 0 Å². The van der Waals surface area contributed by atoms with E-state index in [1.165, 1.54) is 6.08 Å². The average Bonchev–Trinajstić information content (AvgIpc) is 2.86. The Morgan fingerprint density at radius 1 is 1.08 bits per heavy atom. The topological polar surface area (TPSA) is 71.4 Å². The van der Waals surface area contributed by atoms with Gasteiger partial charge in [0.1, 0.15) is 18.2 Å². The van der Waals surface area contributed by atoms with Gasteiger partial charge in [-0.15, -0.1) is 6.58 Å². The van der Waals surface area contributed by atoms with Crippen molar-refractivity contribution in [2.24, 2.45) is 0 Å². The summed E-state index contributed by atoms with van der Waals surface area (Å²) in [7, 11) is 0. The second kappa shape index (κ2) is 12.8. The van der Waals surface area contributed by atoms with Crippen LogP contribution in [0.3, 0.4) is 0 Å². The van der Waals surface area contributed by atoms with E-state index < -0.39 is 5.91 Å². The highest BCUT2D eigenvalue weighted by Crippen LogP contribution is 2.36. The molecule has 184 valence electrons. The monoisotopic (exact) mass is 520 g/mol. The third kappa shape index (κ3) is 6.69. The lowest BCUT2D eigenvalue weighted by atomic mass is 10.0. The molecule has 36 heavy (non-hydrogen) atoms. The molecule has 3 rings (SSSR count). The molecule has 0 saturated carbocycles. The van der Waals surface area contributed by atoms with E-state index in [9.17, 15) is 10.1 Å². The lowest BCUT2D eigenvalue weighted by Gasteiger charge is -2.17. The van der Waals surface area contributed by atoms with E-state index in [0.29, 0.717) is 45.8 Å². The third-order valence-corrected chi connectivity index (χ3v) is 6.12. The van der Waals surface area contributed by atoms with Gasteiger partial charge < -0.3 is 14.8 Å². The van der Waals surface area contributed by atoms with Gasteiger partial charge in [-0.25, -0.2) is 0 Å². The summed E-state index contributed by atoms with van der Waals surface area (Å²) in [6.07, 6.45) is 3.76. The van der Waals surface area contributed by atoms with Crippen molar-refractivity contribution in [3.63, 3.8) is 0 Å². The number of amides is 1. The number of carbonyl (C=O) groups is 1. The number of carbonyl (C=O) groups excluding carboxylic acids is 1. The van der Waals surface area contributed by atoms with E-state index in [1.54, 1.807) is 37.3 Å². The van der Waals surface area contributed by atoms with Crippen molar-refractivity contribution in [1.29, 1.82) is 5.26 Å². The first-order chi connectivity index (χ1) is 17.4. The number of hydrogen-bond acceptors (Lipinski definition) is 4. The Hall–Kier alpha value is -3.72. The normalized spacial score (nSPS) is 10.9. The number of nitrogens with zero attached hydrogens (tertiary/aromatic N) is 1. The summed E-state index contributed by atoms with van der Waals surface area (Å²) >= 11 is 12.4. The van der Waals surface area contributed by atoms with Crippen LogP contribution in [0.2, 0.25) is 10.0 Å². The number of nitrogens with one attached hydrogen (secondary N) is 1. The highest BCUT2D eigenvalue weighted by atomic mass is 35.5. The van der Waals surface area contributed by atoms with Gasteiger partial charge in [0, 0.05) is 26.9 Å². The third-order valence-electron chi connectivity index (χ3n) is 5.34. The molecular formula is C29H26Cl2N2O3. The molecule has 0 aliphatic rings. The average molecular weight is 521 g/mol. The molecule has 0 heterocycles. The fourth-order valence-electron chi connectivity index (χ4n) is 3.51. The smallest absolute Gasteiger partial charge is 0.266 e. The second-order valence-corrected chi connectivity index (χ2v) is 8.66.